The second-order valence-corrected chi connectivity index (χ2v) is 3.28. The highest BCUT2D eigenvalue weighted by atomic mass is 32.2. The van der Waals surface area contributed by atoms with Gasteiger partial charge in [0.25, 0.3) is 0 Å². The van der Waals surface area contributed by atoms with Crippen LogP contribution in [0.5, 0.6) is 0 Å². The Morgan fingerprint density at radius 2 is 2.10 bits per heavy atom. The molecule has 0 saturated carbocycles. The quantitative estimate of drug-likeness (QED) is 0.585. The lowest BCUT2D eigenvalue weighted by Crippen LogP contribution is -1.81. The van der Waals surface area contributed by atoms with Gasteiger partial charge in [-0.2, -0.15) is 0 Å². The van der Waals surface area contributed by atoms with Crippen molar-refractivity contribution in [2.75, 3.05) is 0 Å². The first-order chi connectivity index (χ1) is 4.88. The van der Waals surface area contributed by atoms with Gasteiger partial charge in [0.15, 0.2) is 0 Å². The van der Waals surface area contributed by atoms with Gasteiger partial charge in [0.1, 0.15) is 0 Å². The van der Waals surface area contributed by atoms with Crippen LogP contribution in [-0.4, -0.2) is 6.21 Å². The molecule has 1 aliphatic rings. The van der Waals surface area contributed by atoms with Crippen LogP contribution in [-0.2, 0) is 10.9 Å². The van der Waals surface area contributed by atoms with E-state index in [0.29, 0.717) is 0 Å². The molecule has 10 heavy (non-hydrogen) atoms. The summed E-state index contributed by atoms with van der Waals surface area (Å²) in [6, 6.07) is 7.86. The Labute approximate surface area is 61.6 Å². The molecule has 1 aliphatic heterocycles. The summed E-state index contributed by atoms with van der Waals surface area (Å²) in [6.45, 7) is 0. The van der Waals surface area contributed by atoms with Crippen LogP contribution in [0.3, 0.4) is 0 Å². The number of nitrogens with one attached hydrogen (secondary N) is 1. The SMILES string of the molecule is N=S1N=Cc2ccccc21. The Balaban J connectivity index is 2.70. The maximum Gasteiger partial charge on any atom is 0.0490 e. The van der Waals surface area contributed by atoms with Gasteiger partial charge in [-0.05, 0) is 6.07 Å². The third-order valence-corrected chi connectivity index (χ3v) is 2.53. The Kier molecular flexibility index (Phi) is 1.17. The third-order valence-electron chi connectivity index (χ3n) is 1.42. The number of hydrogen-bond acceptors (Lipinski definition) is 1. The highest BCUT2D eigenvalue weighted by Crippen LogP contribution is 2.18. The molecule has 2 nitrogen and oxygen atoms in total. The molecule has 1 aromatic rings. The van der Waals surface area contributed by atoms with E-state index in [1.54, 1.807) is 6.21 Å². The normalized spacial score (nSPS) is 21.0. The monoisotopic (exact) mass is 150 g/mol. The Morgan fingerprint density at radius 3 is 2.90 bits per heavy atom. The average molecular weight is 150 g/mol. The van der Waals surface area contributed by atoms with Crippen molar-refractivity contribution in [3.05, 3.63) is 29.8 Å². The maximum atomic E-state index is 7.44. The molecule has 0 bridgehead atoms. The molecule has 0 amide bonds. The van der Waals surface area contributed by atoms with Gasteiger partial charge in [0, 0.05) is 27.6 Å². The summed E-state index contributed by atoms with van der Waals surface area (Å²) in [4.78, 5) is 1.04. The second-order valence-electron chi connectivity index (χ2n) is 2.06. The summed E-state index contributed by atoms with van der Waals surface area (Å²) >= 11 is 0. The lowest BCUT2D eigenvalue weighted by atomic mass is 10.2. The second kappa shape index (κ2) is 2.02. The summed E-state index contributed by atoms with van der Waals surface area (Å²) in [5, 5.41) is 0. The van der Waals surface area contributed by atoms with E-state index in [1.807, 2.05) is 24.3 Å². The predicted octanol–water partition coefficient (Wildman–Crippen LogP) is 1.77. The van der Waals surface area contributed by atoms with Crippen molar-refractivity contribution in [3.8, 4) is 0 Å². The molecule has 0 aliphatic carbocycles. The fraction of sp³-hybridized carbons (Fsp3) is 0. The number of benzene rings is 1. The van der Waals surface area contributed by atoms with E-state index in [4.69, 9.17) is 4.78 Å². The molecule has 1 aromatic carbocycles. The standard InChI is InChI=1S/C7H6N2S/c8-10-7-4-2-1-3-6(7)5-9-10/h1-5,8H. The van der Waals surface area contributed by atoms with E-state index < -0.39 is 10.9 Å². The summed E-state index contributed by atoms with van der Waals surface area (Å²) in [5.41, 5.74) is 1.10. The number of fused-ring (bicyclic) bond motifs is 1. The lowest BCUT2D eigenvalue weighted by Gasteiger charge is -1.93. The van der Waals surface area contributed by atoms with Crippen molar-refractivity contribution < 1.29 is 0 Å². The first-order valence-corrected chi connectivity index (χ1v) is 4.15. The van der Waals surface area contributed by atoms with E-state index in [0.717, 1.165) is 10.5 Å². The zero-order chi connectivity index (χ0) is 6.97. The number of nitrogens with zero attached hydrogens (tertiary/aromatic N) is 1. The van der Waals surface area contributed by atoms with Crippen LogP contribution in [0.25, 0.3) is 0 Å². The summed E-state index contributed by atoms with van der Waals surface area (Å²) in [6.07, 6.45) is 1.77. The van der Waals surface area contributed by atoms with Crippen LogP contribution in [0.1, 0.15) is 5.56 Å². The molecule has 50 valence electrons. The van der Waals surface area contributed by atoms with E-state index in [9.17, 15) is 0 Å². The number of rotatable bonds is 0. The van der Waals surface area contributed by atoms with Crippen LogP contribution in [0.4, 0.5) is 0 Å². The maximum absolute atomic E-state index is 7.44. The summed E-state index contributed by atoms with van der Waals surface area (Å²) in [7, 11) is -0.628. The van der Waals surface area contributed by atoms with Gasteiger partial charge in [0.05, 0.1) is 0 Å². The molecule has 1 heterocycles. The van der Waals surface area contributed by atoms with Gasteiger partial charge in [-0.3, -0.25) is 4.78 Å². The zero-order valence-electron chi connectivity index (χ0n) is 5.24. The minimum absolute atomic E-state index is 0.628. The van der Waals surface area contributed by atoms with Gasteiger partial charge >= 0.3 is 0 Å². The van der Waals surface area contributed by atoms with Crippen LogP contribution in [0, 0.1) is 4.78 Å². The molecule has 0 spiro atoms. The fourth-order valence-corrected chi connectivity index (χ4v) is 1.81. The molecule has 0 aromatic heterocycles. The lowest BCUT2D eigenvalue weighted by molar-refractivity contribution is 1.43. The molecule has 0 saturated heterocycles. The Morgan fingerprint density at radius 1 is 1.30 bits per heavy atom. The predicted molar refractivity (Wildman–Crippen MR) is 42.4 cm³/mol. The highest BCUT2D eigenvalue weighted by Gasteiger charge is 2.07. The summed E-state index contributed by atoms with van der Waals surface area (Å²) < 4.78 is 11.4. The van der Waals surface area contributed by atoms with Crippen molar-refractivity contribution in [2.45, 2.75) is 4.90 Å². The molecule has 1 unspecified atom stereocenters. The molecule has 2 rings (SSSR count). The Hall–Kier alpha value is -0.960. The van der Waals surface area contributed by atoms with E-state index in [2.05, 4.69) is 4.40 Å². The topological polar surface area (TPSA) is 36.2 Å². The van der Waals surface area contributed by atoms with Gasteiger partial charge in [-0.1, -0.05) is 18.2 Å². The Bertz CT molecular complexity index is 317. The van der Waals surface area contributed by atoms with Crippen molar-refractivity contribution in [1.29, 1.82) is 4.78 Å². The van der Waals surface area contributed by atoms with Crippen LogP contribution in [0.15, 0.2) is 33.6 Å². The largest absolute Gasteiger partial charge is 0.255 e. The van der Waals surface area contributed by atoms with Gasteiger partial charge in [-0.25, -0.2) is 4.40 Å². The van der Waals surface area contributed by atoms with E-state index in [-0.39, 0.29) is 0 Å². The van der Waals surface area contributed by atoms with Crippen LogP contribution >= 0.6 is 0 Å². The molecular weight excluding hydrogens is 144 g/mol. The first kappa shape index (κ1) is 5.80. The van der Waals surface area contributed by atoms with Crippen molar-refractivity contribution in [3.63, 3.8) is 0 Å². The van der Waals surface area contributed by atoms with Crippen molar-refractivity contribution >= 4 is 17.1 Å². The van der Waals surface area contributed by atoms with Crippen molar-refractivity contribution in [2.24, 2.45) is 4.40 Å². The van der Waals surface area contributed by atoms with Crippen LogP contribution < -0.4 is 0 Å². The molecule has 1 atom stereocenters. The molecule has 3 heteroatoms. The molecule has 1 N–H and O–H groups in total. The van der Waals surface area contributed by atoms with Crippen LogP contribution in [0.2, 0.25) is 0 Å². The van der Waals surface area contributed by atoms with E-state index >= 15 is 0 Å². The minimum atomic E-state index is -0.628. The smallest absolute Gasteiger partial charge is 0.0490 e. The van der Waals surface area contributed by atoms with E-state index in [1.165, 1.54) is 0 Å². The first-order valence-electron chi connectivity index (χ1n) is 2.97. The third kappa shape index (κ3) is 0.708. The molecular formula is C7H6N2S. The minimum Gasteiger partial charge on any atom is -0.255 e. The summed E-state index contributed by atoms with van der Waals surface area (Å²) in [5.74, 6) is 0. The highest BCUT2D eigenvalue weighted by molar-refractivity contribution is 7.85. The van der Waals surface area contributed by atoms with Gasteiger partial charge in [0.2, 0.25) is 0 Å². The van der Waals surface area contributed by atoms with Gasteiger partial charge < -0.3 is 0 Å². The number of hydrogen-bond donors (Lipinski definition) is 1. The zero-order valence-corrected chi connectivity index (χ0v) is 6.06. The fourth-order valence-electron chi connectivity index (χ4n) is 0.930. The average Bonchev–Trinajstić information content (AvgIpc) is 2.34. The van der Waals surface area contributed by atoms with Gasteiger partial charge in [-0.15, -0.1) is 0 Å². The van der Waals surface area contributed by atoms with Crippen molar-refractivity contribution in [1.82, 2.24) is 0 Å². The molecule has 0 fully saturated rings. The molecule has 0 radical (unpaired) electrons.